The second-order valence-electron chi connectivity index (χ2n) is 4.64. The van der Waals surface area contributed by atoms with Gasteiger partial charge in [-0.1, -0.05) is 18.4 Å². The van der Waals surface area contributed by atoms with Gasteiger partial charge in [0.05, 0.1) is 0 Å². The Labute approximate surface area is 95.8 Å². The molecule has 0 radical (unpaired) electrons. The SMILES string of the molecule is CCCC1(CNc2nnc(CCN)o2)CC1. The first kappa shape index (κ1) is 11.4. The third-order valence-corrected chi connectivity index (χ3v) is 3.18. The van der Waals surface area contributed by atoms with Crippen LogP contribution in [0.2, 0.25) is 0 Å². The first-order valence-electron chi connectivity index (χ1n) is 6.04. The minimum absolute atomic E-state index is 0.497. The average Bonchev–Trinajstić information content (AvgIpc) is 2.89. The fourth-order valence-electron chi connectivity index (χ4n) is 2.03. The maximum Gasteiger partial charge on any atom is 0.315 e. The molecule has 0 amide bonds. The van der Waals surface area contributed by atoms with Crippen LogP contribution in [0.15, 0.2) is 4.42 Å². The molecule has 1 aliphatic carbocycles. The lowest BCUT2D eigenvalue weighted by Crippen LogP contribution is -2.15. The van der Waals surface area contributed by atoms with Crippen molar-refractivity contribution < 1.29 is 4.42 Å². The van der Waals surface area contributed by atoms with E-state index in [2.05, 4.69) is 22.4 Å². The first-order chi connectivity index (χ1) is 7.78. The second kappa shape index (κ2) is 4.82. The molecule has 1 aromatic heterocycles. The third-order valence-electron chi connectivity index (χ3n) is 3.18. The number of nitrogens with two attached hydrogens (primary N) is 1. The number of nitrogens with one attached hydrogen (secondary N) is 1. The molecule has 0 aliphatic heterocycles. The van der Waals surface area contributed by atoms with Crippen molar-refractivity contribution in [3.63, 3.8) is 0 Å². The van der Waals surface area contributed by atoms with Gasteiger partial charge in [-0.2, -0.15) is 0 Å². The molecular weight excluding hydrogens is 204 g/mol. The summed E-state index contributed by atoms with van der Waals surface area (Å²) < 4.78 is 5.41. The van der Waals surface area contributed by atoms with Crippen LogP contribution in [-0.4, -0.2) is 23.3 Å². The maximum absolute atomic E-state index is 5.41. The zero-order chi connectivity index (χ0) is 11.4. The zero-order valence-corrected chi connectivity index (χ0v) is 9.83. The Morgan fingerprint density at radius 3 is 2.88 bits per heavy atom. The second-order valence-corrected chi connectivity index (χ2v) is 4.64. The summed E-state index contributed by atoms with van der Waals surface area (Å²) >= 11 is 0. The van der Waals surface area contributed by atoms with Crippen LogP contribution in [-0.2, 0) is 6.42 Å². The fraction of sp³-hybridized carbons (Fsp3) is 0.818. The molecule has 0 bridgehead atoms. The molecule has 16 heavy (non-hydrogen) atoms. The quantitative estimate of drug-likeness (QED) is 0.735. The van der Waals surface area contributed by atoms with E-state index in [1.54, 1.807) is 0 Å². The van der Waals surface area contributed by atoms with E-state index in [-0.39, 0.29) is 0 Å². The van der Waals surface area contributed by atoms with Crippen molar-refractivity contribution in [2.75, 3.05) is 18.4 Å². The summed E-state index contributed by atoms with van der Waals surface area (Å²) in [7, 11) is 0. The first-order valence-corrected chi connectivity index (χ1v) is 6.04. The zero-order valence-electron chi connectivity index (χ0n) is 9.83. The number of nitrogens with zero attached hydrogens (tertiary/aromatic N) is 2. The topological polar surface area (TPSA) is 77.0 Å². The van der Waals surface area contributed by atoms with Crippen LogP contribution in [0.3, 0.4) is 0 Å². The highest BCUT2D eigenvalue weighted by molar-refractivity contribution is 5.19. The van der Waals surface area contributed by atoms with E-state index in [0.29, 0.717) is 30.3 Å². The van der Waals surface area contributed by atoms with Gasteiger partial charge in [0.1, 0.15) is 0 Å². The van der Waals surface area contributed by atoms with Crippen molar-refractivity contribution in [1.82, 2.24) is 10.2 Å². The van der Waals surface area contributed by atoms with Crippen molar-refractivity contribution in [3.05, 3.63) is 5.89 Å². The highest BCUT2D eigenvalue weighted by Crippen LogP contribution is 2.49. The van der Waals surface area contributed by atoms with Gasteiger partial charge in [0, 0.05) is 19.5 Å². The number of rotatable bonds is 7. The van der Waals surface area contributed by atoms with Crippen LogP contribution >= 0.6 is 0 Å². The van der Waals surface area contributed by atoms with Crippen LogP contribution in [0, 0.1) is 5.41 Å². The van der Waals surface area contributed by atoms with E-state index in [9.17, 15) is 0 Å². The van der Waals surface area contributed by atoms with Crippen molar-refractivity contribution >= 4 is 6.01 Å². The Bertz CT molecular complexity index is 332. The van der Waals surface area contributed by atoms with Gasteiger partial charge >= 0.3 is 6.01 Å². The van der Waals surface area contributed by atoms with Crippen LogP contribution in [0.1, 0.15) is 38.5 Å². The van der Waals surface area contributed by atoms with E-state index in [1.807, 2.05) is 0 Å². The van der Waals surface area contributed by atoms with E-state index >= 15 is 0 Å². The summed E-state index contributed by atoms with van der Waals surface area (Å²) in [6.45, 7) is 3.72. The number of hydrogen-bond acceptors (Lipinski definition) is 5. The molecule has 0 atom stereocenters. The van der Waals surface area contributed by atoms with Gasteiger partial charge in [-0.25, -0.2) is 0 Å². The Morgan fingerprint density at radius 2 is 2.25 bits per heavy atom. The monoisotopic (exact) mass is 224 g/mol. The molecular formula is C11H20N4O. The Balaban J connectivity index is 1.80. The fourth-order valence-corrected chi connectivity index (χ4v) is 2.03. The lowest BCUT2D eigenvalue weighted by molar-refractivity contribution is 0.464. The molecule has 1 heterocycles. The van der Waals surface area contributed by atoms with Crippen molar-refractivity contribution in [2.24, 2.45) is 11.1 Å². The average molecular weight is 224 g/mol. The Morgan fingerprint density at radius 1 is 1.44 bits per heavy atom. The summed E-state index contributed by atoms with van der Waals surface area (Å²) in [6, 6.07) is 0.533. The minimum atomic E-state index is 0.497. The molecule has 0 spiro atoms. The Hall–Kier alpha value is -1.10. The largest absolute Gasteiger partial charge is 0.408 e. The van der Waals surface area contributed by atoms with Gasteiger partial charge in [0.2, 0.25) is 5.89 Å². The molecule has 0 unspecified atom stereocenters. The summed E-state index contributed by atoms with van der Waals surface area (Å²) in [5.41, 5.74) is 5.91. The molecule has 2 rings (SSSR count). The highest BCUT2D eigenvalue weighted by atomic mass is 16.4. The van der Waals surface area contributed by atoms with Crippen molar-refractivity contribution in [1.29, 1.82) is 0 Å². The van der Waals surface area contributed by atoms with Gasteiger partial charge in [-0.3, -0.25) is 0 Å². The van der Waals surface area contributed by atoms with Crippen molar-refractivity contribution in [2.45, 2.75) is 39.0 Å². The van der Waals surface area contributed by atoms with Crippen LogP contribution < -0.4 is 11.1 Å². The van der Waals surface area contributed by atoms with Gasteiger partial charge in [0.25, 0.3) is 0 Å². The maximum atomic E-state index is 5.41. The number of aromatic nitrogens is 2. The van der Waals surface area contributed by atoms with Gasteiger partial charge < -0.3 is 15.5 Å². The predicted octanol–water partition coefficient (Wildman–Crippen LogP) is 1.56. The van der Waals surface area contributed by atoms with E-state index in [0.717, 1.165) is 6.54 Å². The molecule has 1 aliphatic rings. The molecule has 3 N–H and O–H groups in total. The summed E-state index contributed by atoms with van der Waals surface area (Å²) in [6.07, 6.45) is 5.80. The van der Waals surface area contributed by atoms with Crippen LogP contribution in [0.5, 0.6) is 0 Å². The molecule has 90 valence electrons. The number of anilines is 1. The summed E-state index contributed by atoms with van der Waals surface area (Å²) in [5, 5.41) is 11.1. The van der Waals surface area contributed by atoms with E-state index in [1.165, 1.54) is 25.7 Å². The van der Waals surface area contributed by atoms with Gasteiger partial charge in [0.15, 0.2) is 0 Å². The smallest absolute Gasteiger partial charge is 0.315 e. The van der Waals surface area contributed by atoms with Crippen molar-refractivity contribution in [3.8, 4) is 0 Å². The Kier molecular flexibility index (Phi) is 3.43. The minimum Gasteiger partial charge on any atom is -0.408 e. The van der Waals surface area contributed by atoms with Crippen LogP contribution in [0.4, 0.5) is 6.01 Å². The standard InChI is InChI=1S/C11H20N4O/c1-2-4-11(5-6-11)8-13-10-15-14-9(16-10)3-7-12/h2-8,12H2,1H3,(H,13,15). The lowest BCUT2D eigenvalue weighted by Gasteiger charge is -2.12. The molecule has 5 heteroatoms. The van der Waals surface area contributed by atoms with Crippen LogP contribution in [0.25, 0.3) is 0 Å². The molecule has 1 saturated carbocycles. The predicted molar refractivity (Wildman–Crippen MR) is 62.1 cm³/mol. The molecule has 5 nitrogen and oxygen atoms in total. The molecule has 1 aromatic rings. The van der Waals surface area contributed by atoms with Gasteiger partial charge in [-0.05, 0) is 24.7 Å². The van der Waals surface area contributed by atoms with Gasteiger partial charge in [-0.15, -0.1) is 5.10 Å². The highest BCUT2D eigenvalue weighted by Gasteiger charge is 2.41. The van der Waals surface area contributed by atoms with E-state index < -0.39 is 0 Å². The molecule has 0 saturated heterocycles. The van der Waals surface area contributed by atoms with E-state index in [4.69, 9.17) is 10.2 Å². The summed E-state index contributed by atoms with van der Waals surface area (Å²) in [5.74, 6) is 0.616. The molecule has 0 aromatic carbocycles. The third kappa shape index (κ3) is 2.72. The lowest BCUT2D eigenvalue weighted by atomic mass is 10.0. The normalized spacial score (nSPS) is 17.4. The number of hydrogen-bond donors (Lipinski definition) is 2. The molecule has 1 fully saturated rings. The summed E-state index contributed by atoms with van der Waals surface area (Å²) in [4.78, 5) is 0.